The van der Waals surface area contributed by atoms with Crippen molar-refractivity contribution in [3.05, 3.63) is 17.7 Å². The first-order valence-electron chi connectivity index (χ1n) is 2.72. The van der Waals surface area contributed by atoms with Gasteiger partial charge in [0.2, 0.25) is 0 Å². The van der Waals surface area contributed by atoms with Gasteiger partial charge in [-0.15, -0.1) is 0 Å². The minimum Gasteiger partial charge on any atom is -0.342 e. The number of hydrogen-bond donors (Lipinski definition) is 1. The van der Waals surface area contributed by atoms with Crippen LogP contribution in [0.3, 0.4) is 0 Å². The topological polar surface area (TPSA) is 45.8 Å². The van der Waals surface area contributed by atoms with Crippen LogP contribution in [-0.4, -0.2) is 15.8 Å². The van der Waals surface area contributed by atoms with Gasteiger partial charge in [-0.1, -0.05) is 0 Å². The van der Waals surface area contributed by atoms with Crippen LogP contribution in [0.25, 0.3) is 0 Å². The normalized spacial score (nSPS) is 9.56. The summed E-state index contributed by atoms with van der Waals surface area (Å²) in [5.41, 5.74) is 1.37. The molecule has 0 fully saturated rings. The van der Waals surface area contributed by atoms with Gasteiger partial charge in [0.25, 0.3) is 0 Å². The van der Waals surface area contributed by atoms with Gasteiger partial charge >= 0.3 is 0 Å². The summed E-state index contributed by atoms with van der Waals surface area (Å²) in [6, 6.07) is 0. The standard InChI is InChI=1S/C6H8N2O/c1-4-6(5(2)9)8-3-7-4/h3H,1-2H3,(H,7,8). The number of aromatic amines is 1. The van der Waals surface area contributed by atoms with Gasteiger partial charge in [-0.3, -0.25) is 4.79 Å². The van der Waals surface area contributed by atoms with Gasteiger partial charge in [0, 0.05) is 6.92 Å². The molecule has 0 aliphatic heterocycles. The summed E-state index contributed by atoms with van der Waals surface area (Å²) >= 11 is 0. The Hall–Kier alpha value is -1.12. The lowest BCUT2D eigenvalue weighted by Crippen LogP contribution is -1.93. The number of ketones is 1. The van der Waals surface area contributed by atoms with Gasteiger partial charge in [-0.2, -0.15) is 0 Å². The zero-order valence-corrected chi connectivity index (χ0v) is 5.43. The first-order valence-corrected chi connectivity index (χ1v) is 2.72. The number of nitrogens with zero attached hydrogens (tertiary/aromatic N) is 1. The number of rotatable bonds is 1. The second kappa shape index (κ2) is 2.01. The Balaban J connectivity index is 3.08. The van der Waals surface area contributed by atoms with E-state index in [4.69, 9.17) is 0 Å². The van der Waals surface area contributed by atoms with E-state index >= 15 is 0 Å². The predicted molar refractivity (Wildman–Crippen MR) is 33.3 cm³/mol. The van der Waals surface area contributed by atoms with Crippen LogP contribution in [0.2, 0.25) is 0 Å². The van der Waals surface area contributed by atoms with Crippen molar-refractivity contribution in [2.24, 2.45) is 0 Å². The van der Waals surface area contributed by atoms with Crippen LogP contribution in [0, 0.1) is 6.92 Å². The summed E-state index contributed by atoms with van der Waals surface area (Å²) < 4.78 is 0. The highest BCUT2D eigenvalue weighted by Gasteiger charge is 2.03. The number of aromatic nitrogens is 2. The highest BCUT2D eigenvalue weighted by molar-refractivity contribution is 5.93. The monoisotopic (exact) mass is 124 g/mol. The summed E-state index contributed by atoms with van der Waals surface area (Å²) in [5.74, 6) is 0.0324. The number of carbonyl (C=O) groups is 1. The van der Waals surface area contributed by atoms with Crippen molar-refractivity contribution in [1.29, 1.82) is 0 Å². The van der Waals surface area contributed by atoms with Gasteiger partial charge in [0.1, 0.15) is 5.69 Å². The highest BCUT2D eigenvalue weighted by Crippen LogP contribution is 1.99. The molecular formula is C6H8N2O. The molecule has 1 heterocycles. The Morgan fingerprint density at radius 2 is 2.44 bits per heavy atom. The number of aryl methyl sites for hydroxylation is 1. The minimum absolute atomic E-state index is 0.0324. The second-order valence-electron chi connectivity index (χ2n) is 1.92. The quantitative estimate of drug-likeness (QED) is 0.566. The molecule has 0 saturated carbocycles. The number of imidazole rings is 1. The second-order valence-corrected chi connectivity index (χ2v) is 1.92. The van der Waals surface area contributed by atoms with Crippen molar-refractivity contribution in [3.8, 4) is 0 Å². The molecule has 1 aromatic rings. The molecule has 0 aliphatic rings. The molecule has 0 aromatic carbocycles. The summed E-state index contributed by atoms with van der Waals surface area (Å²) in [7, 11) is 0. The Kier molecular flexibility index (Phi) is 1.34. The molecule has 1 aromatic heterocycles. The van der Waals surface area contributed by atoms with E-state index < -0.39 is 0 Å². The fraction of sp³-hybridized carbons (Fsp3) is 0.333. The van der Waals surface area contributed by atoms with E-state index in [2.05, 4.69) is 9.97 Å². The van der Waals surface area contributed by atoms with Crippen LogP contribution in [0.1, 0.15) is 23.1 Å². The fourth-order valence-corrected chi connectivity index (χ4v) is 0.719. The Morgan fingerprint density at radius 3 is 2.67 bits per heavy atom. The lowest BCUT2D eigenvalue weighted by atomic mass is 10.3. The first-order chi connectivity index (χ1) is 4.22. The molecule has 1 rings (SSSR count). The number of nitrogens with one attached hydrogen (secondary N) is 1. The van der Waals surface area contributed by atoms with Crippen molar-refractivity contribution in [1.82, 2.24) is 9.97 Å². The van der Waals surface area contributed by atoms with Crippen LogP contribution in [0.5, 0.6) is 0 Å². The zero-order chi connectivity index (χ0) is 6.85. The smallest absolute Gasteiger partial charge is 0.177 e. The molecule has 0 atom stereocenters. The number of carbonyl (C=O) groups excluding carboxylic acids is 1. The molecule has 9 heavy (non-hydrogen) atoms. The Bertz CT molecular complexity index is 227. The number of hydrogen-bond acceptors (Lipinski definition) is 2. The van der Waals surface area contributed by atoms with Crippen molar-refractivity contribution in [2.45, 2.75) is 13.8 Å². The summed E-state index contributed by atoms with van der Waals surface area (Å²) in [6.45, 7) is 3.31. The summed E-state index contributed by atoms with van der Waals surface area (Å²) in [6.07, 6.45) is 1.52. The van der Waals surface area contributed by atoms with E-state index in [1.165, 1.54) is 13.3 Å². The van der Waals surface area contributed by atoms with Gasteiger partial charge < -0.3 is 4.98 Å². The highest BCUT2D eigenvalue weighted by atomic mass is 16.1. The van der Waals surface area contributed by atoms with Crippen LogP contribution in [0.4, 0.5) is 0 Å². The minimum atomic E-state index is 0.0324. The molecule has 3 nitrogen and oxygen atoms in total. The van der Waals surface area contributed by atoms with E-state index in [0.29, 0.717) is 5.69 Å². The van der Waals surface area contributed by atoms with E-state index in [1.807, 2.05) is 0 Å². The molecule has 3 heteroatoms. The van der Waals surface area contributed by atoms with Crippen LogP contribution < -0.4 is 0 Å². The lowest BCUT2D eigenvalue weighted by Gasteiger charge is -1.86. The van der Waals surface area contributed by atoms with Crippen molar-refractivity contribution in [3.63, 3.8) is 0 Å². The van der Waals surface area contributed by atoms with Crippen molar-refractivity contribution in [2.75, 3.05) is 0 Å². The molecule has 0 radical (unpaired) electrons. The summed E-state index contributed by atoms with van der Waals surface area (Å²) in [4.78, 5) is 17.3. The third-order valence-corrected chi connectivity index (χ3v) is 1.18. The maximum Gasteiger partial charge on any atom is 0.177 e. The lowest BCUT2D eigenvalue weighted by molar-refractivity contribution is 0.101. The molecule has 1 N–H and O–H groups in total. The predicted octanol–water partition coefficient (Wildman–Crippen LogP) is 0.921. The number of Topliss-reactive ketones (excluding diaryl/α,β-unsaturated/α-hetero) is 1. The SMILES string of the molecule is CC(=O)c1[nH]cnc1C. The van der Waals surface area contributed by atoms with Crippen LogP contribution in [-0.2, 0) is 0 Å². The largest absolute Gasteiger partial charge is 0.342 e. The molecule has 0 spiro atoms. The summed E-state index contributed by atoms with van der Waals surface area (Å²) in [5, 5.41) is 0. The third-order valence-electron chi connectivity index (χ3n) is 1.18. The Morgan fingerprint density at radius 1 is 1.78 bits per heavy atom. The fourth-order valence-electron chi connectivity index (χ4n) is 0.719. The first kappa shape index (κ1) is 6.01. The van der Waals surface area contributed by atoms with Crippen molar-refractivity contribution >= 4 is 5.78 Å². The number of H-pyrrole nitrogens is 1. The molecule has 0 bridgehead atoms. The average Bonchev–Trinajstić information content (AvgIpc) is 2.13. The zero-order valence-electron chi connectivity index (χ0n) is 5.43. The van der Waals surface area contributed by atoms with Crippen LogP contribution >= 0.6 is 0 Å². The molecule has 0 amide bonds. The van der Waals surface area contributed by atoms with E-state index in [9.17, 15) is 4.79 Å². The van der Waals surface area contributed by atoms with E-state index in [0.717, 1.165) is 5.69 Å². The maximum absolute atomic E-state index is 10.7. The molecule has 0 aliphatic carbocycles. The Labute approximate surface area is 53.1 Å². The average molecular weight is 124 g/mol. The van der Waals surface area contributed by atoms with Crippen LogP contribution in [0.15, 0.2) is 6.33 Å². The molecular weight excluding hydrogens is 116 g/mol. The van der Waals surface area contributed by atoms with E-state index in [-0.39, 0.29) is 5.78 Å². The van der Waals surface area contributed by atoms with Gasteiger partial charge in [-0.25, -0.2) is 4.98 Å². The molecule has 48 valence electrons. The third kappa shape index (κ3) is 0.988. The van der Waals surface area contributed by atoms with Gasteiger partial charge in [0.05, 0.1) is 12.0 Å². The van der Waals surface area contributed by atoms with E-state index in [1.54, 1.807) is 6.92 Å². The van der Waals surface area contributed by atoms with Crippen molar-refractivity contribution < 1.29 is 4.79 Å². The maximum atomic E-state index is 10.7. The van der Waals surface area contributed by atoms with Gasteiger partial charge in [0.15, 0.2) is 5.78 Å². The molecule has 0 saturated heterocycles. The molecule has 0 unspecified atom stereocenters. The van der Waals surface area contributed by atoms with Gasteiger partial charge in [-0.05, 0) is 6.92 Å².